The van der Waals surface area contributed by atoms with E-state index < -0.39 is 0 Å². The maximum atomic E-state index is 6.46. The second-order valence-corrected chi connectivity index (χ2v) is 7.70. The lowest BCUT2D eigenvalue weighted by Gasteiger charge is -2.20. The number of aryl methyl sites for hydroxylation is 1. The number of methoxy groups -OCH3 is 1. The van der Waals surface area contributed by atoms with Crippen LogP contribution in [0.15, 0.2) is 12.1 Å². The second kappa shape index (κ2) is 8.01. The van der Waals surface area contributed by atoms with Crippen molar-refractivity contribution < 1.29 is 9.47 Å². The maximum absolute atomic E-state index is 6.46. The summed E-state index contributed by atoms with van der Waals surface area (Å²) in [6.45, 7) is 4.25. The number of benzene rings is 1. The van der Waals surface area contributed by atoms with Crippen LogP contribution in [0, 0.1) is 0 Å². The zero-order valence-corrected chi connectivity index (χ0v) is 16.3. The molecule has 0 radical (unpaired) electrons. The topological polar surface area (TPSA) is 34.6 Å². The van der Waals surface area contributed by atoms with Gasteiger partial charge in [0.15, 0.2) is 11.5 Å². The van der Waals surface area contributed by atoms with E-state index in [0.29, 0.717) is 11.8 Å². The minimum absolute atomic E-state index is 0.650. The molecular weight excluding hydrogens is 348 g/mol. The summed E-state index contributed by atoms with van der Waals surface area (Å²) in [5.74, 6) is 1.55. The average molecular weight is 375 g/mol. The van der Waals surface area contributed by atoms with Crippen molar-refractivity contribution >= 4 is 22.5 Å². The van der Waals surface area contributed by atoms with Crippen LogP contribution in [0.5, 0.6) is 11.5 Å². The normalized spacial score (nSPS) is 17.5. The van der Waals surface area contributed by atoms with Crippen LogP contribution in [0.25, 0.3) is 10.9 Å². The molecular formula is C21H27ClN2O2. The fourth-order valence-electron chi connectivity index (χ4n) is 4.24. The Morgan fingerprint density at radius 2 is 1.81 bits per heavy atom. The van der Waals surface area contributed by atoms with E-state index in [-0.39, 0.29) is 0 Å². The second-order valence-electron chi connectivity index (χ2n) is 7.34. The molecule has 0 spiro atoms. The van der Waals surface area contributed by atoms with E-state index in [4.69, 9.17) is 21.1 Å². The molecule has 140 valence electrons. The van der Waals surface area contributed by atoms with Crippen LogP contribution >= 0.6 is 11.6 Å². The van der Waals surface area contributed by atoms with Crippen LogP contribution in [-0.2, 0) is 12.8 Å². The van der Waals surface area contributed by atoms with Gasteiger partial charge in [0.1, 0.15) is 5.15 Å². The molecule has 4 nitrogen and oxygen atoms in total. The zero-order valence-electron chi connectivity index (χ0n) is 15.5. The van der Waals surface area contributed by atoms with Gasteiger partial charge >= 0.3 is 0 Å². The molecule has 2 aliphatic rings. The molecule has 4 rings (SSSR count). The quantitative estimate of drug-likeness (QED) is 0.545. The predicted molar refractivity (Wildman–Crippen MR) is 106 cm³/mol. The van der Waals surface area contributed by atoms with Gasteiger partial charge in [0.2, 0.25) is 0 Å². The first kappa shape index (κ1) is 17.9. The number of hydrogen-bond donors (Lipinski definition) is 0. The summed E-state index contributed by atoms with van der Waals surface area (Å²) in [6, 6.07) is 4.07. The molecule has 1 aliphatic heterocycles. The van der Waals surface area contributed by atoms with E-state index in [9.17, 15) is 0 Å². The molecule has 0 saturated carbocycles. The molecule has 1 aromatic heterocycles. The Bertz CT molecular complexity index is 787. The third kappa shape index (κ3) is 3.63. The van der Waals surface area contributed by atoms with E-state index in [1.807, 2.05) is 6.07 Å². The number of ether oxygens (including phenoxy) is 2. The minimum Gasteiger partial charge on any atom is -0.493 e. The number of halogens is 1. The van der Waals surface area contributed by atoms with Gasteiger partial charge < -0.3 is 14.4 Å². The summed E-state index contributed by atoms with van der Waals surface area (Å²) >= 11 is 6.46. The first-order valence-corrected chi connectivity index (χ1v) is 10.2. The van der Waals surface area contributed by atoms with Crippen LogP contribution in [0.4, 0.5) is 0 Å². The molecule has 1 fully saturated rings. The lowest BCUT2D eigenvalue weighted by molar-refractivity contribution is 0.254. The maximum Gasteiger partial charge on any atom is 0.163 e. The van der Waals surface area contributed by atoms with E-state index in [1.165, 1.54) is 49.9 Å². The molecule has 26 heavy (non-hydrogen) atoms. The summed E-state index contributed by atoms with van der Waals surface area (Å²) in [7, 11) is 1.70. The standard InChI is InChI=1S/C21H27ClN2O2/c1-25-19-13-17-15-7-2-3-8-16(15)21(22)23-18(17)14-20(19)26-12-6-11-24-9-4-5-10-24/h13-14H,2-12H2,1H3. The van der Waals surface area contributed by atoms with Gasteiger partial charge in [0.05, 0.1) is 19.2 Å². The molecule has 0 bridgehead atoms. The predicted octanol–water partition coefficient (Wildman–Crippen LogP) is 4.64. The highest BCUT2D eigenvalue weighted by Crippen LogP contribution is 2.38. The number of rotatable bonds is 6. The molecule has 0 amide bonds. The van der Waals surface area contributed by atoms with Crippen molar-refractivity contribution in [3.8, 4) is 11.5 Å². The van der Waals surface area contributed by atoms with Gasteiger partial charge in [0, 0.05) is 18.0 Å². The molecule has 5 heteroatoms. The average Bonchev–Trinajstić information content (AvgIpc) is 3.18. The number of hydrogen-bond acceptors (Lipinski definition) is 4. The lowest BCUT2D eigenvalue weighted by atomic mass is 9.90. The highest BCUT2D eigenvalue weighted by molar-refractivity contribution is 6.30. The van der Waals surface area contributed by atoms with Crippen molar-refractivity contribution in [1.82, 2.24) is 9.88 Å². The van der Waals surface area contributed by atoms with Gasteiger partial charge in [-0.3, -0.25) is 0 Å². The monoisotopic (exact) mass is 374 g/mol. The van der Waals surface area contributed by atoms with Crippen LogP contribution in [0.3, 0.4) is 0 Å². The van der Waals surface area contributed by atoms with Gasteiger partial charge in [-0.25, -0.2) is 4.98 Å². The van der Waals surface area contributed by atoms with Gasteiger partial charge in [0.25, 0.3) is 0 Å². The van der Waals surface area contributed by atoms with Crippen LogP contribution in [0.2, 0.25) is 5.15 Å². The molecule has 1 saturated heterocycles. The zero-order chi connectivity index (χ0) is 17.9. The third-order valence-electron chi connectivity index (χ3n) is 5.62. The Hall–Kier alpha value is -1.52. The number of pyridine rings is 1. The van der Waals surface area contributed by atoms with Crippen molar-refractivity contribution in [3.63, 3.8) is 0 Å². The van der Waals surface area contributed by atoms with Crippen LogP contribution in [0.1, 0.15) is 43.2 Å². The summed E-state index contributed by atoms with van der Waals surface area (Å²) in [5, 5.41) is 1.81. The molecule has 1 aromatic carbocycles. The molecule has 0 atom stereocenters. The lowest BCUT2D eigenvalue weighted by Crippen LogP contribution is -2.21. The van der Waals surface area contributed by atoms with Gasteiger partial charge in [-0.2, -0.15) is 0 Å². The Morgan fingerprint density at radius 1 is 1.04 bits per heavy atom. The number of nitrogens with zero attached hydrogens (tertiary/aromatic N) is 2. The largest absolute Gasteiger partial charge is 0.493 e. The number of fused-ring (bicyclic) bond motifs is 3. The van der Waals surface area contributed by atoms with Gasteiger partial charge in [-0.15, -0.1) is 0 Å². The summed E-state index contributed by atoms with van der Waals surface area (Å²) in [6.07, 6.45) is 8.17. The first-order chi connectivity index (χ1) is 12.8. The molecule has 0 unspecified atom stereocenters. The SMILES string of the molecule is COc1cc2c3c(c(Cl)nc2cc1OCCCN1CCCC1)CCCC3. The molecule has 1 aliphatic carbocycles. The molecule has 0 N–H and O–H groups in total. The van der Waals surface area contributed by atoms with Gasteiger partial charge in [-0.1, -0.05) is 11.6 Å². The Labute approximate surface area is 160 Å². The first-order valence-electron chi connectivity index (χ1n) is 9.80. The van der Waals surface area contributed by atoms with Gasteiger partial charge in [-0.05, 0) is 75.2 Å². The number of likely N-dealkylation sites (tertiary alicyclic amines) is 1. The van der Waals surface area contributed by atoms with E-state index in [0.717, 1.165) is 48.2 Å². The fourth-order valence-corrected chi connectivity index (χ4v) is 4.54. The third-order valence-corrected chi connectivity index (χ3v) is 5.93. The Morgan fingerprint density at radius 3 is 2.58 bits per heavy atom. The number of aromatic nitrogens is 1. The smallest absolute Gasteiger partial charge is 0.163 e. The van der Waals surface area contributed by atoms with Crippen LogP contribution in [-0.4, -0.2) is 43.2 Å². The van der Waals surface area contributed by atoms with Crippen molar-refractivity contribution in [2.45, 2.75) is 44.9 Å². The molecule has 2 aromatic rings. The van der Waals surface area contributed by atoms with Crippen molar-refractivity contribution in [3.05, 3.63) is 28.4 Å². The van der Waals surface area contributed by atoms with Crippen molar-refractivity contribution in [2.75, 3.05) is 33.4 Å². The van der Waals surface area contributed by atoms with E-state index in [1.54, 1.807) is 7.11 Å². The fraction of sp³-hybridized carbons (Fsp3) is 0.571. The van der Waals surface area contributed by atoms with E-state index >= 15 is 0 Å². The van der Waals surface area contributed by atoms with Crippen molar-refractivity contribution in [2.24, 2.45) is 0 Å². The minimum atomic E-state index is 0.650. The summed E-state index contributed by atoms with van der Waals surface area (Å²) < 4.78 is 11.7. The molecule has 2 heterocycles. The van der Waals surface area contributed by atoms with E-state index in [2.05, 4.69) is 16.0 Å². The summed E-state index contributed by atoms with van der Waals surface area (Å²) in [4.78, 5) is 7.15. The summed E-state index contributed by atoms with van der Waals surface area (Å²) in [5.41, 5.74) is 3.46. The van der Waals surface area contributed by atoms with Crippen LogP contribution < -0.4 is 9.47 Å². The Balaban J connectivity index is 1.54. The highest BCUT2D eigenvalue weighted by Gasteiger charge is 2.19. The Kier molecular flexibility index (Phi) is 5.51. The van der Waals surface area contributed by atoms with Crippen molar-refractivity contribution in [1.29, 1.82) is 0 Å². The highest BCUT2D eigenvalue weighted by atomic mass is 35.5.